The van der Waals surface area contributed by atoms with E-state index in [0.717, 1.165) is 30.3 Å². The molecule has 1 aromatic rings. The SMILES string of the molecule is Cc1cnc(Cl)nc1NCCCC(C)C. The standard InChI is InChI=1S/C11H18ClN3/c1-8(2)5-4-6-13-10-9(3)7-14-11(12)15-10/h7-8H,4-6H2,1-3H3,(H,13,14,15). The maximum atomic E-state index is 5.72. The van der Waals surface area contributed by atoms with Gasteiger partial charge in [-0.05, 0) is 37.3 Å². The van der Waals surface area contributed by atoms with Gasteiger partial charge in [0.15, 0.2) is 0 Å². The molecule has 0 aliphatic heterocycles. The molecule has 0 atom stereocenters. The maximum Gasteiger partial charge on any atom is 0.224 e. The highest BCUT2D eigenvalue weighted by molar-refractivity contribution is 6.28. The van der Waals surface area contributed by atoms with Crippen LogP contribution in [0.4, 0.5) is 5.82 Å². The van der Waals surface area contributed by atoms with Crippen molar-refractivity contribution in [2.45, 2.75) is 33.6 Å². The zero-order valence-electron chi connectivity index (χ0n) is 9.55. The summed E-state index contributed by atoms with van der Waals surface area (Å²) in [6.45, 7) is 7.37. The van der Waals surface area contributed by atoms with Gasteiger partial charge in [0, 0.05) is 18.3 Å². The third kappa shape index (κ3) is 4.47. The lowest BCUT2D eigenvalue weighted by molar-refractivity contribution is 0.566. The maximum absolute atomic E-state index is 5.72. The topological polar surface area (TPSA) is 37.8 Å². The molecule has 0 saturated carbocycles. The van der Waals surface area contributed by atoms with Gasteiger partial charge in [-0.1, -0.05) is 13.8 Å². The molecule has 0 unspecified atom stereocenters. The van der Waals surface area contributed by atoms with Crippen LogP contribution in [0.5, 0.6) is 0 Å². The highest BCUT2D eigenvalue weighted by atomic mass is 35.5. The summed E-state index contributed by atoms with van der Waals surface area (Å²) in [4.78, 5) is 8.04. The van der Waals surface area contributed by atoms with E-state index in [1.807, 2.05) is 6.92 Å². The lowest BCUT2D eigenvalue weighted by Gasteiger charge is -2.09. The Hall–Kier alpha value is -0.830. The van der Waals surface area contributed by atoms with E-state index in [0.29, 0.717) is 5.28 Å². The van der Waals surface area contributed by atoms with Gasteiger partial charge in [0.05, 0.1) is 0 Å². The van der Waals surface area contributed by atoms with Crippen molar-refractivity contribution >= 4 is 17.4 Å². The van der Waals surface area contributed by atoms with Crippen molar-refractivity contribution in [1.29, 1.82) is 0 Å². The molecule has 1 N–H and O–H groups in total. The molecule has 1 aromatic heterocycles. The lowest BCUT2D eigenvalue weighted by atomic mass is 10.1. The van der Waals surface area contributed by atoms with Crippen molar-refractivity contribution in [2.24, 2.45) is 5.92 Å². The number of hydrogen-bond donors (Lipinski definition) is 1. The van der Waals surface area contributed by atoms with Gasteiger partial charge in [0.2, 0.25) is 5.28 Å². The van der Waals surface area contributed by atoms with E-state index in [1.165, 1.54) is 6.42 Å². The second-order valence-electron chi connectivity index (χ2n) is 4.13. The van der Waals surface area contributed by atoms with Crippen molar-refractivity contribution in [1.82, 2.24) is 9.97 Å². The molecule has 4 heteroatoms. The molecule has 0 spiro atoms. The highest BCUT2D eigenvalue weighted by Gasteiger charge is 2.01. The molecule has 0 aliphatic carbocycles. The van der Waals surface area contributed by atoms with Crippen LogP contribution < -0.4 is 5.32 Å². The number of halogens is 1. The summed E-state index contributed by atoms with van der Waals surface area (Å²) in [6.07, 6.45) is 4.11. The number of aromatic nitrogens is 2. The molecule has 0 fully saturated rings. The summed E-state index contributed by atoms with van der Waals surface area (Å²) in [5.74, 6) is 1.60. The Balaban J connectivity index is 2.40. The summed E-state index contributed by atoms with van der Waals surface area (Å²) in [5, 5.41) is 3.57. The molecule has 15 heavy (non-hydrogen) atoms. The fourth-order valence-electron chi connectivity index (χ4n) is 1.32. The first-order valence-electron chi connectivity index (χ1n) is 5.32. The largest absolute Gasteiger partial charge is 0.370 e. The summed E-state index contributed by atoms with van der Waals surface area (Å²) in [7, 11) is 0. The average Bonchev–Trinajstić information content (AvgIpc) is 2.17. The van der Waals surface area contributed by atoms with E-state index in [1.54, 1.807) is 6.20 Å². The van der Waals surface area contributed by atoms with E-state index >= 15 is 0 Å². The average molecular weight is 228 g/mol. The Kier molecular flexibility index (Phi) is 4.82. The lowest BCUT2D eigenvalue weighted by Crippen LogP contribution is -2.06. The van der Waals surface area contributed by atoms with Gasteiger partial charge < -0.3 is 5.32 Å². The molecule has 0 aliphatic rings. The van der Waals surface area contributed by atoms with Crippen molar-refractivity contribution in [2.75, 3.05) is 11.9 Å². The number of aryl methyl sites for hydroxylation is 1. The molecular formula is C11H18ClN3. The Labute approximate surface area is 96.3 Å². The third-order valence-electron chi connectivity index (χ3n) is 2.19. The Morgan fingerprint density at radius 1 is 1.47 bits per heavy atom. The Morgan fingerprint density at radius 2 is 2.20 bits per heavy atom. The monoisotopic (exact) mass is 227 g/mol. The van der Waals surface area contributed by atoms with Gasteiger partial charge in [-0.2, -0.15) is 0 Å². The predicted octanol–water partition coefficient (Wildman–Crippen LogP) is 3.29. The fraction of sp³-hybridized carbons (Fsp3) is 0.636. The van der Waals surface area contributed by atoms with Crippen LogP contribution in [0.1, 0.15) is 32.3 Å². The first-order chi connectivity index (χ1) is 7.09. The fourth-order valence-corrected chi connectivity index (χ4v) is 1.45. The summed E-state index contributed by atoms with van der Waals surface area (Å²) in [5.41, 5.74) is 1.03. The van der Waals surface area contributed by atoms with Crippen molar-refractivity contribution in [3.63, 3.8) is 0 Å². The van der Waals surface area contributed by atoms with Crippen molar-refractivity contribution in [3.8, 4) is 0 Å². The first-order valence-corrected chi connectivity index (χ1v) is 5.70. The minimum atomic E-state index is 0.298. The van der Waals surface area contributed by atoms with Crippen LogP contribution >= 0.6 is 11.6 Å². The Morgan fingerprint density at radius 3 is 2.87 bits per heavy atom. The molecular weight excluding hydrogens is 210 g/mol. The zero-order valence-corrected chi connectivity index (χ0v) is 10.3. The summed E-state index contributed by atoms with van der Waals surface area (Å²) < 4.78 is 0. The smallest absolute Gasteiger partial charge is 0.224 e. The molecule has 0 saturated heterocycles. The van der Waals surface area contributed by atoms with Crippen LogP contribution in [-0.4, -0.2) is 16.5 Å². The van der Waals surface area contributed by atoms with E-state index in [4.69, 9.17) is 11.6 Å². The van der Waals surface area contributed by atoms with E-state index in [2.05, 4.69) is 29.1 Å². The van der Waals surface area contributed by atoms with E-state index < -0.39 is 0 Å². The van der Waals surface area contributed by atoms with Gasteiger partial charge in [-0.15, -0.1) is 0 Å². The van der Waals surface area contributed by atoms with E-state index in [-0.39, 0.29) is 0 Å². The predicted molar refractivity (Wildman–Crippen MR) is 64.3 cm³/mol. The van der Waals surface area contributed by atoms with E-state index in [9.17, 15) is 0 Å². The summed E-state index contributed by atoms with van der Waals surface area (Å²) in [6, 6.07) is 0. The number of rotatable bonds is 5. The molecule has 0 aromatic carbocycles. The third-order valence-corrected chi connectivity index (χ3v) is 2.38. The Bertz CT molecular complexity index is 313. The van der Waals surface area contributed by atoms with Gasteiger partial charge in [-0.25, -0.2) is 9.97 Å². The zero-order chi connectivity index (χ0) is 11.3. The molecule has 1 rings (SSSR count). The van der Waals surface area contributed by atoms with Crippen LogP contribution in [-0.2, 0) is 0 Å². The van der Waals surface area contributed by atoms with Crippen LogP contribution in [0.15, 0.2) is 6.20 Å². The molecule has 0 radical (unpaired) electrons. The highest BCUT2D eigenvalue weighted by Crippen LogP contribution is 2.13. The van der Waals surface area contributed by atoms with Gasteiger partial charge >= 0.3 is 0 Å². The molecule has 84 valence electrons. The minimum Gasteiger partial charge on any atom is -0.370 e. The number of hydrogen-bond acceptors (Lipinski definition) is 3. The molecule has 0 bridgehead atoms. The number of nitrogens with zero attached hydrogens (tertiary/aromatic N) is 2. The molecule has 1 heterocycles. The van der Waals surface area contributed by atoms with Gasteiger partial charge in [0.25, 0.3) is 0 Å². The quantitative estimate of drug-likeness (QED) is 0.620. The van der Waals surface area contributed by atoms with Crippen LogP contribution in [0.25, 0.3) is 0 Å². The number of anilines is 1. The minimum absolute atomic E-state index is 0.298. The van der Waals surface area contributed by atoms with Crippen LogP contribution in [0.3, 0.4) is 0 Å². The van der Waals surface area contributed by atoms with Crippen LogP contribution in [0, 0.1) is 12.8 Å². The normalized spacial score (nSPS) is 10.7. The van der Waals surface area contributed by atoms with Crippen molar-refractivity contribution in [3.05, 3.63) is 17.0 Å². The van der Waals surface area contributed by atoms with Crippen LogP contribution in [0.2, 0.25) is 5.28 Å². The molecule has 3 nitrogen and oxygen atoms in total. The summed E-state index contributed by atoms with van der Waals surface area (Å²) >= 11 is 5.72. The molecule has 0 amide bonds. The van der Waals surface area contributed by atoms with Gasteiger partial charge in [-0.3, -0.25) is 0 Å². The van der Waals surface area contributed by atoms with Crippen molar-refractivity contribution < 1.29 is 0 Å². The number of nitrogens with one attached hydrogen (secondary N) is 1. The van der Waals surface area contributed by atoms with Gasteiger partial charge in [0.1, 0.15) is 5.82 Å². The second-order valence-corrected chi connectivity index (χ2v) is 4.47. The first kappa shape index (κ1) is 12.2. The second kappa shape index (κ2) is 5.91.